The Balaban J connectivity index is 1.91. The molecule has 0 spiro atoms. The second-order valence-electron chi connectivity index (χ2n) is 5.88. The Kier molecular flexibility index (Phi) is 6.16. The van der Waals surface area contributed by atoms with Crippen LogP contribution in [0.25, 0.3) is 11.2 Å². The summed E-state index contributed by atoms with van der Waals surface area (Å²) in [7, 11) is 1.60. The van der Waals surface area contributed by atoms with E-state index in [9.17, 15) is 9.59 Å². The number of methoxy groups -OCH3 is 1. The van der Waals surface area contributed by atoms with E-state index in [-0.39, 0.29) is 12.2 Å². The molecule has 0 radical (unpaired) electrons. The number of ether oxygens (including phenoxy) is 1. The van der Waals surface area contributed by atoms with Crippen LogP contribution in [-0.4, -0.2) is 34.2 Å². The largest absolute Gasteiger partial charge is 0.385 e. The van der Waals surface area contributed by atoms with Crippen LogP contribution in [0.4, 0.5) is 0 Å². The molecule has 1 aromatic carbocycles. The first-order chi connectivity index (χ1) is 13.1. The maximum atomic E-state index is 12.8. The first-order valence-corrected chi connectivity index (χ1v) is 8.85. The average molecular weight is 387 g/mol. The quantitative estimate of drug-likeness (QED) is 0.630. The number of nitrogens with zero attached hydrogens (tertiary/aromatic N) is 3. The molecule has 0 fully saturated rings. The van der Waals surface area contributed by atoms with Gasteiger partial charge in [-0.3, -0.25) is 14.2 Å². The Hall–Kier alpha value is -2.77. The maximum absolute atomic E-state index is 12.8. The third-order valence-corrected chi connectivity index (χ3v) is 4.41. The van der Waals surface area contributed by atoms with Crippen molar-refractivity contribution in [2.24, 2.45) is 0 Å². The van der Waals surface area contributed by atoms with E-state index in [1.54, 1.807) is 31.5 Å². The molecule has 0 saturated carbocycles. The monoisotopic (exact) mass is 386 g/mol. The summed E-state index contributed by atoms with van der Waals surface area (Å²) in [5.74, 6) is -0.550. The number of aryl methyl sites for hydroxylation is 1. The number of halogens is 1. The number of nitrogens with one attached hydrogen (secondary N) is 1. The molecule has 0 bridgehead atoms. The van der Waals surface area contributed by atoms with Gasteiger partial charge < -0.3 is 10.1 Å². The van der Waals surface area contributed by atoms with Gasteiger partial charge in [-0.1, -0.05) is 29.8 Å². The van der Waals surface area contributed by atoms with Gasteiger partial charge in [0.1, 0.15) is 5.52 Å². The summed E-state index contributed by atoms with van der Waals surface area (Å²) in [4.78, 5) is 33.9. The Bertz CT molecular complexity index is 1020. The molecule has 0 aliphatic carbocycles. The fourth-order valence-electron chi connectivity index (χ4n) is 2.70. The lowest BCUT2D eigenvalue weighted by atomic mass is 10.2. The van der Waals surface area contributed by atoms with Gasteiger partial charge in [-0.25, -0.2) is 9.97 Å². The van der Waals surface area contributed by atoms with Crippen molar-refractivity contribution in [3.63, 3.8) is 0 Å². The number of pyridine rings is 1. The highest BCUT2D eigenvalue weighted by molar-refractivity contribution is 6.31. The Morgan fingerprint density at radius 2 is 2.07 bits per heavy atom. The highest BCUT2D eigenvalue weighted by Crippen LogP contribution is 2.14. The molecule has 7 nitrogen and oxygen atoms in total. The molecule has 0 aliphatic rings. The molecule has 0 unspecified atom stereocenters. The molecule has 140 valence electrons. The van der Waals surface area contributed by atoms with Crippen molar-refractivity contribution in [3.05, 3.63) is 69.2 Å². The van der Waals surface area contributed by atoms with Crippen LogP contribution in [0, 0.1) is 0 Å². The number of benzene rings is 1. The van der Waals surface area contributed by atoms with Gasteiger partial charge in [0, 0.05) is 38.0 Å². The summed E-state index contributed by atoms with van der Waals surface area (Å²) in [5.41, 5.74) is 1.04. The van der Waals surface area contributed by atoms with E-state index >= 15 is 0 Å². The minimum absolute atomic E-state index is 0.167. The van der Waals surface area contributed by atoms with Gasteiger partial charge in [0.2, 0.25) is 0 Å². The van der Waals surface area contributed by atoms with E-state index in [0.29, 0.717) is 35.8 Å². The lowest BCUT2D eigenvalue weighted by molar-refractivity contribution is 0.0944. The SMILES string of the molecule is COCCCn1c(=O)c(C(=O)NCc2ccccc2Cl)nc2cccnc21. The van der Waals surface area contributed by atoms with Crippen LogP contribution >= 0.6 is 11.6 Å². The molecule has 2 heterocycles. The molecular weight excluding hydrogens is 368 g/mol. The minimum atomic E-state index is -0.550. The van der Waals surface area contributed by atoms with Crippen molar-refractivity contribution in [2.75, 3.05) is 13.7 Å². The van der Waals surface area contributed by atoms with E-state index in [4.69, 9.17) is 16.3 Å². The maximum Gasteiger partial charge on any atom is 0.283 e. The van der Waals surface area contributed by atoms with Gasteiger partial charge in [0.15, 0.2) is 11.3 Å². The fraction of sp³-hybridized carbons (Fsp3) is 0.263. The molecule has 0 aliphatic heterocycles. The number of hydrogen-bond donors (Lipinski definition) is 1. The third kappa shape index (κ3) is 4.32. The molecule has 1 amide bonds. The average Bonchev–Trinajstić information content (AvgIpc) is 2.68. The normalized spacial score (nSPS) is 10.9. The van der Waals surface area contributed by atoms with Gasteiger partial charge in [0.25, 0.3) is 11.5 Å². The second-order valence-corrected chi connectivity index (χ2v) is 6.29. The van der Waals surface area contributed by atoms with Crippen LogP contribution in [0.5, 0.6) is 0 Å². The first kappa shape index (κ1) is 19.0. The van der Waals surface area contributed by atoms with E-state index in [1.165, 1.54) is 4.57 Å². The van der Waals surface area contributed by atoms with E-state index in [1.807, 2.05) is 18.2 Å². The molecule has 8 heteroatoms. The highest BCUT2D eigenvalue weighted by atomic mass is 35.5. The van der Waals surface area contributed by atoms with Crippen molar-refractivity contribution < 1.29 is 9.53 Å². The van der Waals surface area contributed by atoms with Gasteiger partial charge in [0.05, 0.1) is 0 Å². The zero-order valence-corrected chi connectivity index (χ0v) is 15.6. The number of hydrogen-bond acceptors (Lipinski definition) is 5. The van der Waals surface area contributed by atoms with Crippen molar-refractivity contribution in [1.82, 2.24) is 19.9 Å². The Labute approximate surface area is 161 Å². The third-order valence-electron chi connectivity index (χ3n) is 4.04. The van der Waals surface area contributed by atoms with E-state index in [0.717, 1.165) is 5.56 Å². The second kappa shape index (κ2) is 8.75. The van der Waals surface area contributed by atoms with Crippen LogP contribution in [0.15, 0.2) is 47.4 Å². The molecular formula is C19H19ClN4O3. The summed E-state index contributed by atoms with van der Waals surface area (Å²) < 4.78 is 6.51. The fourth-order valence-corrected chi connectivity index (χ4v) is 2.90. The number of aromatic nitrogens is 3. The topological polar surface area (TPSA) is 86.1 Å². The number of fused-ring (bicyclic) bond motifs is 1. The van der Waals surface area contributed by atoms with Crippen LogP contribution < -0.4 is 10.9 Å². The summed E-state index contributed by atoms with van der Waals surface area (Å²) in [5, 5.41) is 3.26. The number of carbonyl (C=O) groups is 1. The van der Waals surface area contributed by atoms with E-state index < -0.39 is 11.5 Å². The molecule has 3 rings (SSSR count). The summed E-state index contributed by atoms with van der Waals surface area (Å²) in [6.07, 6.45) is 2.21. The smallest absolute Gasteiger partial charge is 0.283 e. The van der Waals surface area contributed by atoms with Crippen molar-refractivity contribution >= 4 is 28.7 Å². The summed E-state index contributed by atoms with van der Waals surface area (Å²) in [6, 6.07) is 10.6. The summed E-state index contributed by atoms with van der Waals surface area (Å²) in [6.45, 7) is 1.08. The Morgan fingerprint density at radius 1 is 1.26 bits per heavy atom. The lowest BCUT2D eigenvalue weighted by Crippen LogP contribution is -2.35. The molecule has 3 aromatic rings. The minimum Gasteiger partial charge on any atom is -0.385 e. The standard InChI is InChI=1S/C19H19ClN4O3/c1-27-11-5-10-24-17-15(8-4-9-21-17)23-16(19(24)26)18(25)22-12-13-6-2-3-7-14(13)20/h2-4,6-9H,5,10-12H2,1H3,(H,22,25). The predicted molar refractivity (Wildman–Crippen MR) is 103 cm³/mol. The van der Waals surface area contributed by atoms with Crippen LogP contribution in [0.2, 0.25) is 5.02 Å². The van der Waals surface area contributed by atoms with Crippen LogP contribution in [-0.2, 0) is 17.8 Å². The molecule has 0 atom stereocenters. The van der Waals surface area contributed by atoms with Crippen molar-refractivity contribution in [3.8, 4) is 0 Å². The summed E-state index contributed by atoms with van der Waals surface area (Å²) >= 11 is 6.11. The van der Waals surface area contributed by atoms with Gasteiger partial charge in [-0.05, 0) is 30.2 Å². The molecule has 27 heavy (non-hydrogen) atoms. The van der Waals surface area contributed by atoms with Gasteiger partial charge in [-0.15, -0.1) is 0 Å². The van der Waals surface area contributed by atoms with Crippen molar-refractivity contribution in [1.29, 1.82) is 0 Å². The van der Waals surface area contributed by atoms with Crippen LogP contribution in [0.1, 0.15) is 22.5 Å². The highest BCUT2D eigenvalue weighted by Gasteiger charge is 2.18. The first-order valence-electron chi connectivity index (χ1n) is 8.48. The predicted octanol–water partition coefficient (Wildman–Crippen LogP) is 2.41. The molecule has 2 aromatic heterocycles. The number of amides is 1. The Morgan fingerprint density at radius 3 is 2.85 bits per heavy atom. The van der Waals surface area contributed by atoms with Gasteiger partial charge in [-0.2, -0.15) is 0 Å². The van der Waals surface area contributed by atoms with Gasteiger partial charge >= 0.3 is 0 Å². The van der Waals surface area contributed by atoms with Crippen LogP contribution in [0.3, 0.4) is 0 Å². The molecule has 0 saturated heterocycles. The van der Waals surface area contributed by atoms with E-state index in [2.05, 4.69) is 15.3 Å². The number of rotatable bonds is 7. The zero-order valence-electron chi connectivity index (χ0n) is 14.8. The lowest BCUT2D eigenvalue weighted by Gasteiger charge is -2.11. The zero-order chi connectivity index (χ0) is 19.2. The molecule has 1 N–H and O–H groups in total. The van der Waals surface area contributed by atoms with Crippen molar-refractivity contribution in [2.45, 2.75) is 19.5 Å². The number of carbonyl (C=O) groups excluding carboxylic acids is 1.